The molecular formula is C26H31F3N4O6. The third-order valence-corrected chi connectivity index (χ3v) is 7.05. The molecule has 4 unspecified atom stereocenters. The molecule has 10 nitrogen and oxygen atoms in total. The SMILES string of the molecule is C#CCN(CC1CCC2NC(C)NC(=O)C2C1)c1ccc(C(=O)N[C@@H](CCC(=O)O)C(=O)O)c(C(F)(F)F)c1. The Balaban J connectivity index is 1.82. The molecule has 212 valence electrons. The van der Waals surface area contributed by atoms with Crippen LogP contribution in [0.15, 0.2) is 18.2 Å². The molecule has 13 heteroatoms. The third-order valence-electron chi connectivity index (χ3n) is 7.05. The van der Waals surface area contributed by atoms with E-state index in [4.69, 9.17) is 11.5 Å². The quantitative estimate of drug-likeness (QED) is 0.277. The molecule has 5 N–H and O–H groups in total. The fourth-order valence-electron chi connectivity index (χ4n) is 5.20. The molecule has 1 aromatic carbocycles. The van der Waals surface area contributed by atoms with Gasteiger partial charge in [-0.05, 0) is 56.7 Å². The number of hydrogen-bond acceptors (Lipinski definition) is 6. The molecule has 1 aliphatic heterocycles. The number of carbonyl (C=O) groups is 4. The molecule has 5 atom stereocenters. The van der Waals surface area contributed by atoms with Gasteiger partial charge in [0.1, 0.15) is 6.04 Å². The monoisotopic (exact) mass is 552 g/mol. The van der Waals surface area contributed by atoms with Crippen LogP contribution in [0.4, 0.5) is 18.9 Å². The number of anilines is 1. The van der Waals surface area contributed by atoms with Crippen molar-refractivity contribution in [2.45, 2.75) is 63.5 Å². The maximum absolute atomic E-state index is 14.0. The Morgan fingerprint density at radius 1 is 1.26 bits per heavy atom. The van der Waals surface area contributed by atoms with E-state index in [0.29, 0.717) is 13.0 Å². The van der Waals surface area contributed by atoms with Gasteiger partial charge in [-0.15, -0.1) is 6.42 Å². The zero-order valence-corrected chi connectivity index (χ0v) is 21.3. The highest BCUT2D eigenvalue weighted by Gasteiger charge is 2.40. The minimum absolute atomic E-state index is 0.00874. The lowest BCUT2D eigenvalue weighted by molar-refractivity contribution is -0.140. The summed E-state index contributed by atoms with van der Waals surface area (Å²) in [4.78, 5) is 48.9. The van der Waals surface area contributed by atoms with E-state index in [1.807, 2.05) is 12.2 Å². The van der Waals surface area contributed by atoms with Crippen molar-refractivity contribution < 1.29 is 42.6 Å². The molecular weight excluding hydrogens is 521 g/mol. The lowest BCUT2D eigenvalue weighted by atomic mass is 9.76. The van der Waals surface area contributed by atoms with Crippen molar-refractivity contribution in [1.29, 1.82) is 0 Å². The number of rotatable bonds is 10. The number of nitrogens with one attached hydrogen (secondary N) is 3. The van der Waals surface area contributed by atoms with Crippen LogP contribution in [0.1, 0.15) is 54.9 Å². The predicted molar refractivity (Wildman–Crippen MR) is 134 cm³/mol. The van der Waals surface area contributed by atoms with E-state index in [9.17, 15) is 37.5 Å². The zero-order chi connectivity index (χ0) is 28.9. The normalized spacial score (nSPS) is 23.5. The molecule has 1 saturated carbocycles. The Morgan fingerprint density at radius 3 is 2.59 bits per heavy atom. The second kappa shape index (κ2) is 12.4. The van der Waals surface area contributed by atoms with Crippen molar-refractivity contribution in [3.8, 4) is 12.3 Å². The molecule has 0 bridgehead atoms. The van der Waals surface area contributed by atoms with Crippen LogP contribution in [0.25, 0.3) is 0 Å². The van der Waals surface area contributed by atoms with Crippen LogP contribution in [0.2, 0.25) is 0 Å². The molecule has 0 spiro atoms. The van der Waals surface area contributed by atoms with Crippen LogP contribution >= 0.6 is 0 Å². The van der Waals surface area contributed by atoms with Gasteiger partial charge in [0.2, 0.25) is 5.91 Å². The zero-order valence-electron chi connectivity index (χ0n) is 21.3. The Kier molecular flexibility index (Phi) is 9.45. The fourth-order valence-corrected chi connectivity index (χ4v) is 5.20. The number of carbonyl (C=O) groups excluding carboxylic acids is 2. The van der Waals surface area contributed by atoms with E-state index in [1.165, 1.54) is 6.07 Å². The molecule has 1 aliphatic carbocycles. The van der Waals surface area contributed by atoms with Gasteiger partial charge in [-0.1, -0.05) is 5.92 Å². The standard InChI is InChI=1S/C26H31F3N4O6/c1-3-10-33(13-15-4-7-20-18(11-15)24(37)31-14(2)30-20)16-5-6-17(19(12-16)26(27,28)29)23(36)32-21(25(38)39)8-9-22(34)35/h1,5-6,12,14-15,18,20-21,30H,4,7-11,13H2,2H3,(H,31,37)(H,32,36)(H,34,35)(H,38,39)/t14?,15?,18?,20?,21-/m0/s1. The van der Waals surface area contributed by atoms with E-state index in [-0.39, 0.29) is 42.2 Å². The molecule has 39 heavy (non-hydrogen) atoms. The molecule has 1 heterocycles. The first-order valence-corrected chi connectivity index (χ1v) is 12.5. The molecule has 0 aromatic heterocycles. The van der Waals surface area contributed by atoms with Crippen LogP contribution in [-0.4, -0.2) is 65.3 Å². The molecule has 2 amide bonds. The Bertz CT molecular complexity index is 1150. The topological polar surface area (TPSA) is 148 Å². The molecule has 2 fully saturated rings. The summed E-state index contributed by atoms with van der Waals surface area (Å²) in [6.07, 6.45) is 1.34. The van der Waals surface area contributed by atoms with Crippen molar-refractivity contribution in [3.05, 3.63) is 29.3 Å². The Morgan fingerprint density at radius 2 is 1.97 bits per heavy atom. The fraction of sp³-hybridized carbons (Fsp3) is 0.538. The van der Waals surface area contributed by atoms with E-state index < -0.39 is 54.0 Å². The van der Waals surface area contributed by atoms with Gasteiger partial charge in [-0.3, -0.25) is 19.7 Å². The number of aliphatic carboxylic acids is 2. The summed E-state index contributed by atoms with van der Waals surface area (Å²) in [6, 6.07) is 1.39. The molecule has 2 aliphatic rings. The van der Waals surface area contributed by atoms with E-state index in [2.05, 4.69) is 16.6 Å². The summed E-state index contributed by atoms with van der Waals surface area (Å²) in [5.41, 5.74) is -1.96. The van der Waals surface area contributed by atoms with Gasteiger partial charge in [0.15, 0.2) is 0 Å². The first-order valence-electron chi connectivity index (χ1n) is 12.5. The molecule has 1 saturated heterocycles. The summed E-state index contributed by atoms with van der Waals surface area (Å²) >= 11 is 0. The van der Waals surface area contributed by atoms with Gasteiger partial charge < -0.3 is 25.7 Å². The minimum Gasteiger partial charge on any atom is -0.481 e. The number of hydrogen-bond donors (Lipinski definition) is 5. The number of carboxylic acids is 2. The number of nitrogens with zero attached hydrogens (tertiary/aromatic N) is 1. The van der Waals surface area contributed by atoms with Crippen LogP contribution < -0.4 is 20.9 Å². The highest BCUT2D eigenvalue weighted by Crippen LogP contribution is 2.37. The van der Waals surface area contributed by atoms with Gasteiger partial charge in [-0.2, -0.15) is 13.2 Å². The number of fused-ring (bicyclic) bond motifs is 1. The summed E-state index contributed by atoms with van der Waals surface area (Å²) in [5, 5.41) is 26.2. The van der Waals surface area contributed by atoms with Gasteiger partial charge in [0.05, 0.1) is 29.8 Å². The van der Waals surface area contributed by atoms with Gasteiger partial charge in [-0.25, -0.2) is 4.79 Å². The summed E-state index contributed by atoms with van der Waals surface area (Å²) in [5.74, 6) is -2.05. The van der Waals surface area contributed by atoms with Gasteiger partial charge in [0, 0.05) is 24.7 Å². The lowest BCUT2D eigenvalue weighted by Crippen LogP contribution is -2.61. The van der Waals surface area contributed by atoms with Gasteiger partial charge in [0.25, 0.3) is 5.91 Å². The smallest absolute Gasteiger partial charge is 0.417 e. The minimum atomic E-state index is -4.95. The van der Waals surface area contributed by atoms with Crippen molar-refractivity contribution in [2.75, 3.05) is 18.0 Å². The highest BCUT2D eigenvalue weighted by atomic mass is 19.4. The maximum Gasteiger partial charge on any atom is 0.417 e. The van der Waals surface area contributed by atoms with Crippen molar-refractivity contribution in [2.24, 2.45) is 11.8 Å². The molecule has 0 radical (unpaired) electrons. The van der Waals surface area contributed by atoms with E-state index in [1.54, 1.807) is 4.90 Å². The number of benzene rings is 1. The van der Waals surface area contributed by atoms with Crippen LogP contribution in [0, 0.1) is 24.2 Å². The number of alkyl halides is 3. The van der Waals surface area contributed by atoms with Crippen LogP contribution in [0.3, 0.4) is 0 Å². The average molecular weight is 553 g/mol. The largest absolute Gasteiger partial charge is 0.481 e. The summed E-state index contributed by atoms with van der Waals surface area (Å²) in [6.45, 7) is 2.15. The Labute approximate surface area is 223 Å². The number of carboxylic acid groups (broad SMARTS) is 2. The highest BCUT2D eigenvalue weighted by molar-refractivity contribution is 5.98. The summed E-state index contributed by atoms with van der Waals surface area (Å²) < 4.78 is 42.1. The second-order valence-corrected chi connectivity index (χ2v) is 9.90. The number of halogens is 3. The second-order valence-electron chi connectivity index (χ2n) is 9.90. The van der Waals surface area contributed by atoms with E-state index in [0.717, 1.165) is 25.0 Å². The van der Waals surface area contributed by atoms with Crippen molar-refractivity contribution in [3.63, 3.8) is 0 Å². The first kappa shape index (κ1) is 29.8. The van der Waals surface area contributed by atoms with Crippen LogP contribution in [-0.2, 0) is 20.6 Å². The van der Waals surface area contributed by atoms with Crippen molar-refractivity contribution in [1.82, 2.24) is 16.0 Å². The predicted octanol–water partition coefficient (Wildman–Crippen LogP) is 2.04. The van der Waals surface area contributed by atoms with Crippen LogP contribution in [0.5, 0.6) is 0 Å². The average Bonchev–Trinajstić information content (AvgIpc) is 2.85. The maximum atomic E-state index is 14.0. The Hall–Kier alpha value is -3.79. The molecule has 1 aromatic rings. The lowest BCUT2D eigenvalue weighted by Gasteiger charge is -2.42. The summed E-state index contributed by atoms with van der Waals surface area (Å²) in [7, 11) is 0. The van der Waals surface area contributed by atoms with Gasteiger partial charge >= 0.3 is 18.1 Å². The third kappa shape index (κ3) is 7.63. The molecule has 3 rings (SSSR count). The number of terminal acetylenes is 1. The van der Waals surface area contributed by atoms with E-state index >= 15 is 0 Å². The first-order chi connectivity index (χ1) is 18.3. The van der Waals surface area contributed by atoms with Crippen molar-refractivity contribution >= 4 is 29.4 Å². The number of amides is 2.